The summed E-state index contributed by atoms with van der Waals surface area (Å²) in [6, 6.07) is 12.2. The number of aliphatic hydroxyl groups is 1. The zero-order valence-corrected chi connectivity index (χ0v) is 19.9. The average molecular weight is 455 g/mol. The van der Waals surface area contributed by atoms with Gasteiger partial charge in [0.05, 0.1) is 11.6 Å². The van der Waals surface area contributed by atoms with Gasteiger partial charge in [0.1, 0.15) is 5.76 Å². The number of hydrogen-bond acceptors (Lipinski definition) is 4. The number of carbonyl (C=O) groups is 2. The molecule has 1 aliphatic heterocycles. The molecule has 170 valence electrons. The lowest BCUT2D eigenvalue weighted by atomic mass is 9.93. The van der Waals surface area contributed by atoms with Crippen molar-refractivity contribution >= 4 is 29.1 Å². The number of hydrogen-bond donors (Lipinski definition) is 1. The van der Waals surface area contributed by atoms with E-state index in [0.717, 1.165) is 37.2 Å². The summed E-state index contributed by atoms with van der Waals surface area (Å²) in [5, 5.41) is 11.8. The highest BCUT2D eigenvalue weighted by Gasteiger charge is 2.46. The third-order valence-electron chi connectivity index (χ3n) is 6.12. The van der Waals surface area contributed by atoms with Gasteiger partial charge in [-0.3, -0.25) is 9.59 Å². The zero-order valence-electron chi connectivity index (χ0n) is 19.2. The molecule has 1 heterocycles. The molecule has 1 aliphatic rings. The molecule has 1 atom stereocenters. The summed E-state index contributed by atoms with van der Waals surface area (Å²) in [6.45, 7) is 11.1. The zero-order chi connectivity index (χ0) is 23.4. The van der Waals surface area contributed by atoms with Gasteiger partial charge in [0.2, 0.25) is 0 Å². The highest BCUT2D eigenvalue weighted by Crippen LogP contribution is 2.40. The van der Waals surface area contributed by atoms with Crippen LogP contribution >= 0.6 is 11.6 Å². The van der Waals surface area contributed by atoms with E-state index in [1.807, 2.05) is 38.1 Å². The predicted octanol–water partition coefficient (Wildman–Crippen LogP) is 5.11. The number of aliphatic hydroxyl groups excluding tert-OH is 1. The van der Waals surface area contributed by atoms with Crippen molar-refractivity contribution in [2.24, 2.45) is 0 Å². The second-order valence-electron chi connectivity index (χ2n) is 8.25. The summed E-state index contributed by atoms with van der Waals surface area (Å²) >= 11 is 6.24. The molecular weight excluding hydrogens is 424 g/mol. The van der Waals surface area contributed by atoms with Gasteiger partial charge in [0.25, 0.3) is 11.7 Å². The van der Waals surface area contributed by atoms with Gasteiger partial charge < -0.3 is 14.9 Å². The molecule has 32 heavy (non-hydrogen) atoms. The van der Waals surface area contributed by atoms with Crippen molar-refractivity contribution in [1.29, 1.82) is 0 Å². The van der Waals surface area contributed by atoms with Crippen molar-refractivity contribution in [2.75, 3.05) is 26.2 Å². The van der Waals surface area contributed by atoms with Gasteiger partial charge in [-0.25, -0.2) is 0 Å². The van der Waals surface area contributed by atoms with Gasteiger partial charge in [0.15, 0.2) is 0 Å². The van der Waals surface area contributed by atoms with Crippen molar-refractivity contribution in [3.05, 3.63) is 75.3 Å². The van der Waals surface area contributed by atoms with E-state index in [-0.39, 0.29) is 11.3 Å². The summed E-state index contributed by atoms with van der Waals surface area (Å²) in [7, 11) is 0. The first kappa shape index (κ1) is 24.0. The second-order valence-corrected chi connectivity index (χ2v) is 8.68. The lowest BCUT2D eigenvalue weighted by Crippen LogP contribution is -2.33. The number of rotatable bonds is 8. The fraction of sp³-hybridized carbons (Fsp3) is 0.385. The molecule has 1 amide bonds. The van der Waals surface area contributed by atoms with E-state index in [1.165, 1.54) is 0 Å². The second kappa shape index (κ2) is 10.3. The molecule has 0 spiro atoms. The molecular formula is C26H31ClN2O3. The summed E-state index contributed by atoms with van der Waals surface area (Å²) in [5.74, 6) is -1.38. The molecule has 0 radical (unpaired) electrons. The molecule has 1 fully saturated rings. The van der Waals surface area contributed by atoms with E-state index in [2.05, 4.69) is 18.7 Å². The van der Waals surface area contributed by atoms with Crippen molar-refractivity contribution in [3.8, 4) is 0 Å². The van der Waals surface area contributed by atoms with E-state index in [9.17, 15) is 14.7 Å². The van der Waals surface area contributed by atoms with Gasteiger partial charge in [-0.15, -0.1) is 0 Å². The Balaban J connectivity index is 2.08. The third-order valence-corrected chi connectivity index (χ3v) is 6.36. The number of nitrogens with zero attached hydrogens (tertiary/aromatic N) is 2. The molecule has 3 rings (SSSR count). The Hall–Kier alpha value is -2.63. The van der Waals surface area contributed by atoms with Crippen LogP contribution in [-0.2, 0) is 9.59 Å². The van der Waals surface area contributed by atoms with E-state index >= 15 is 0 Å². The van der Waals surface area contributed by atoms with Crippen molar-refractivity contribution in [1.82, 2.24) is 9.80 Å². The monoisotopic (exact) mass is 454 g/mol. The maximum atomic E-state index is 13.2. The normalized spacial score (nSPS) is 18.1. The van der Waals surface area contributed by atoms with Crippen LogP contribution in [0.1, 0.15) is 48.6 Å². The molecule has 0 saturated carbocycles. The quantitative estimate of drug-likeness (QED) is 0.342. The van der Waals surface area contributed by atoms with Gasteiger partial charge in [-0.1, -0.05) is 55.3 Å². The topological polar surface area (TPSA) is 60.9 Å². The van der Waals surface area contributed by atoms with E-state index in [0.29, 0.717) is 22.7 Å². The van der Waals surface area contributed by atoms with Crippen LogP contribution in [0.15, 0.2) is 48.0 Å². The van der Waals surface area contributed by atoms with Crippen molar-refractivity contribution in [2.45, 2.75) is 40.2 Å². The largest absolute Gasteiger partial charge is 0.507 e. The predicted molar refractivity (Wildman–Crippen MR) is 129 cm³/mol. The van der Waals surface area contributed by atoms with Gasteiger partial charge in [-0.05, 0) is 69.2 Å². The van der Waals surface area contributed by atoms with E-state index in [1.54, 1.807) is 23.1 Å². The van der Waals surface area contributed by atoms with Crippen molar-refractivity contribution in [3.63, 3.8) is 0 Å². The SMILES string of the molecule is CCN(CC)CCCN1C(=O)C(=O)C(=C(O)c2cc(C)ccc2C)C1c1cccc(Cl)c1. The van der Waals surface area contributed by atoms with Gasteiger partial charge in [0, 0.05) is 17.1 Å². The Morgan fingerprint density at radius 1 is 1.09 bits per heavy atom. The van der Waals surface area contributed by atoms with Crippen LogP contribution in [0, 0.1) is 13.8 Å². The number of likely N-dealkylation sites (tertiary alicyclic amines) is 1. The number of Topliss-reactive ketones (excluding diaryl/α,β-unsaturated/α-hetero) is 1. The summed E-state index contributed by atoms with van der Waals surface area (Å²) in [6.07, 6.45) is 0.731. The number of ketones is 1. The first-order valence-corrected chi connectivity index (χ1v) is 11.5. The molecule has 2 aromatic carbocycles. The van der Waals surface area contributed by atoms with Crippen LogP contribution in [-0.4, -0.2) is 52.8 Å². The summed E-state index contributed by atoms with van der Waals surface area (Å²) in [5.41, 5.74) is 3.20. The summed E-state index contributed by atoms with van der Waals surface area (Å²) < 4.78 is 0. The van der Waals surface area contributed by atoms with Crippen LogP contribution in [0.2, 0.25) is 5.02 Å². The Labute approximate surface area is 195 Å². The lowest BCUT2D eigenvalue weighted by molar-refractivity contribution is -0.140. The number of carbonyl (C=O) groups excluding carboxylic acids is 2. The average Bonchev–Trinajstić information content (AvgIpc) is 3.03. The maximum Gasteiger partial charge on any atom is 0.295 e. The summed E-state index contributed by atoms with van der Waals surface area (Å²) in [4.78, 5) is 30.1. The minimum atomic E-state index is -0.676. The molecule has 6 heteroatoms. The number of halogens is 1. The highest BCUT2D eigenvalue weighted by atomic mass is 35.5. The molecule has 5 nitrogen and oxygen atoms in total. The minimum absolute atomic E-state index is 0.119. The van der Waals surface area contributed by atoms with Crippen LogP contribution in [0.4, 0.5) is 0 Å². The fourth-order valence-corrected chi connectivity index (χ4v) is 4.47. The van der Waals surface area contributed by atoms with E-state index in [4.69, 9.17) is 11.6 Å². The Morgan fingerprint density at radius 3 is 2.47 bits per heavy atom. The standard InChI is InChI=1S/C26H31ClN2O3/c1-5-28(6-2)13-8-14-29-23(19-9-7-10-20(27)16-19)22(25(31)26(29)32)24(30)21-15-17(3)11-12-18(21)4/h7,9-12,15-16,23,30H,5-6,8,13-14H2,1-4H3. The van der Waals surface area contributed by atoms with Gasteiger partial charge >= 0.3 is 0 Å². The molecule has 0 aliphatic carbocycles. The molecule has 1 unspecified atom stereocenters. The number of aryl methyl sites for hydroxylation is 2. The van der Waals surface area contributed by atoms with Gasteiger partial charge in [-0.2, -0.15) is 0 Å². The maximum absolute atomic E-state index is 13.2. The Bertz CT molecular complexity index is 1040. The molecule has 1 N–H and O–H groups in total. The molecule has 1 saturated heterocycles. The first-order valence-electron chi connectivity index (χ1n) is 11.1. The Morgan fingerprint density at radius 2 is 1.81 bits per heavy atom. The van der Waals surface area contributed by atoms with Crippen LogP contribution in [0.25, 0.3) is 5.76 Å². The molecule has 0 bridgehead atoms. The van der Waals surface area contributed by atoms with Crippen molar-refractivity contribution < 1.29 is 14.7 Å². The smallest absolute Gasteiger partial charge is 0.295 e. The van der Waals surface area contributed by atoms with Crippen LogP contribution in [0.5, 0.6) is 0 Å². The first-order chi connectivity index (χ1) is 15.3. The highest BCUT2D eigenvalue weighted by molar-refractivity contribution is 6.46. The van der Waals surface area contributed by atoms with E-state index < -0.39 is 17.7 Å². The third kappa shape index (κ3) is 4.89. The number of benzene rings is 2. The van der Waals surface area contributed by atoms with Crippen LogP contribution < -0.4 is 0 Å². The lowest BCUT2D eigenvalue weighted by Gasteiger charge is -2.27. The fourth-order valence-electron chi connectivity index (χ4n) is 4.27. The van der Waals surface area contributed by atoms with Crippen LogP contribution in [0.3, 0.4) is 0 Å². The molecule has 2 aromatic rings. The number of amides is 1. The Kier molecular flexibility index (Phi) is 7.75. The molecule has 0 aromatic heterocycles. The minimum Gasteiger partial charge on any atom is -0.507 e.